The van der Waals surface area contributed by atoms with E-state index in [0.29, 0.717) is 10.6 Å². The molecule has 0 saturated heterocycles. The molecule has 0 unspecified atom stereocenters. The fourth-order valence-electron chi connectivity index (χ4n) is 1.39. The zero-order valence-electron chi connectivity index (χ0n) is 9.96. The second-order valence-electron chi connectivity index (χ2n) is 3.45. The molecule has 0 amide bonds. The first kappa shape index (κ1) is 14.2. The van der Waals surface area contributed by atoms with E-state index >= 15 is 0 Å². The summed E-state index contributed by atoms with van der Waals surface area (Å²) >= 11 is 7.66. The first-order chi connectivity index (χ1) is 8.19. The van der Waals surface area contributed by atoms with Crippen molar-refractivity contribution in [3.05, 3.63) is 28.8 Å². The van der Waals surface area contributed by atoms with E-state index in [0.717, 1.165) is 24.4 Å². The SMILES string of the molecule is COC(=O)c1cc(Cl)ccc1NCCCSC. The molecule has 1 aromatic carbocycles. The van der Waals surface area contributed by atoms with Crippen molar-refractivity contribution in [3.63, 3.8) is 0 Å². The van der Waals surface area contributed by atoms with Crippen LogP contribution in [0.2, 0.25) is 5.02 Å². The molecule has 0 aromatic heterocycles. The summed E-state index contributed by atoms with van der Waals surface area (Å²) < 4.78 is 4.72. The van der Waals surface area contributed by atoms with Crippen LogP contribution in [-0.4, -0.2) is 31.6 Å². The second-order valence-corrected chi connectivity index (χ2v) is 4.88. The van der Waals surface area contributed by atoms with Gasteiger partial charge in [-0.1, -0.05) is 11.6 Å². The molecule has 0 atom stereocenters. The Morgan fingerprint density at radius 2 is 2.29 bits per heavy atom. The number of hydrogen-bond donors (Lipinski definition) is 1. The summed E-state index contributed by atoms with van der Waals surface area (Å²) in [6.45, 7) is 0.826. The van der Waals surface area contributed by atoms with Gasteiger partial charge in [0.2, 0.25) is 0 Å². The van der Waals surface area contributed by atoms with Gasteiger partial charge in [-0.25, -0.2) is 4.79 Å². The first-order valence-corrected chi connectivity index (χ1v) is 7.07. The van der Waals surface area contributed by atoms with Crippen molar-refractivity contribution in [2.75, 3.05) is 31.0 Å². The van der Waals surface area contributed by atoms with Crippen molar-refractivity contribution >= 4 is 35.0 Å². The van der Waals surface area contributed by atoms with E-state index in [-0.39, 0.29) is 5.97 Å². The van der Waals surface area contributed by atoms with E-state index in [2.05, 4.69) is 11.6 Å². The van der Waals surface area contributed by atoms with Crippen molar-refractivity contribution in [1.29, 1.82) is 0 Å². The van der Waals surface area contributed by atoms with Gasteiger partial charge in [0.05, 0.1) is 12.7 Å². The summed E-state index contributed by atoms with van der Waals surface area (Å²) in [5.74, 6) is 0.716. The van der Waals surface area contributed by atoms with Crippen LogP contribution in [0.3, 0.4) is 0 Å². The number of rotatable bonds is 6. The van der Waals surface area contributed by atoms with Crippen LogP contribution < -0.4 is 5.32 Å². The van der Waals surface area contributed by atoms with Gasteiger partial charge in [-0.15, -0.1) is 0 Å². The maximum Gasteiger partial charge on any atom is 0.340 e. The summed E-state index contributed by atoms with van der Waals surface area (Å²) in [5.41, 5.74) is 1.24. The predicted octanol–water partition coefficient (Wildman–Crippen LogP) is 3.29. The fraction of sp³-hybridized carbons (Fsp3) is 0.417. The largest absolute Gasteiger partial charge is 0.465 e. The quantitative estimate of drug-likeness (QED) is 0.638. The van der Waals surface area contributed by atoms with E-state index in [1.807, 2.05) is 0 Å². The Morgan fingerprint density at radius 1 is 1.53 bits per heavy atom. The lowest BCUT2D eigenvalue weighted by molar-refractivity contribution is 0.0602. The van der Waals surface area contributed by atoms with Gasteiger partial charge >= 0.3 is 5.97 Å². The van der Waals surface area contributed by atoms with Gasteiger partial charge in [0.25, 0.3) is 0 Å². The molecule has 94 valence electrons. The van der Waals surface area contributed by atoms with Crippen LogP contribution in [0, 0.1) is 0 Å². The number of anilines is 1. The lowest BCUT2D eigenvalue weighted by Crippen LogP contribution is -2.09. The third-order valence-corrected chi connectivity index (χ3v) is 3.16. The summed E-state index contributed by atoms with van der Waals surface area (Å²) in [6.07, 6.45) is 3.12. The fourth-order valence-corrected chi connectivity index (χ4v) is 1.99. The summed E-state index contributed by atoms with van der Waals surface area (Å²) in [7, 11) is 1.36. The van der Waals surface area contributed by atoms with E-state index < -0.39 is 0 Å². The number of esters is 1. The Labute approximate surface area is 111 Å². The molecule has 1 aromatic rings. The van der Waals surface area contributed by atoms with E-state index in [1.165, 1.54) is 7.11 Å². The third-order valence-electron chi connectivity index (χ3n) is 2.23. The molecule has 0 fully saturated rings. The summed E-state index contributed by atoms with van der Waals surface area (Å²) in [5, 5.41) is 3.75. The normalized spacial score (nSPS) is 10.1. The highest BCUT2D eigenvalue weighted by Crippen LogP contribution is 2.21. The van der Waals surface area contributed by atoms with Crippen LogP contribution in [0.15, 0.2) is 18.2 Å². The van der Waals surface area contributed by atoms with Gasteiger partial charge in [0, 0.05) is 17.3 Å². The van der Waals surface area contributed by atoms with E-state index in [4.69, 9.17) is 16.3 Å². The molecule has 0 aliphatic carbocycles. The van der Waals surface area contributed by atoms with Gasteiger partial charge in [-0.2, -0.15) is 11.8 Å². The molecular formula is C12H16ClNO2S. The lowest BCUT2D eigenvalue weighted by atomic mass is 10.1. The van der Waals surface area contributed by atoms with Crippen molar-refractivity contribution in [1.82, 2.24) is 0 Å². The molecule has 17 heavy (non-hydrogen) atoms. The maximum atomic E-state index is 11.6. The van der Waals surface area contributed by atoms with Crippen molar-refractivity contribution in [2.45, 2.75) is 6.42 Å². The highest BCUT2D eigenvalue weighted by molar-refractivity contribution is 7.98. The molecule has 0 bridgehead atoms. The number of ether oxygens (including phenoxy) is 1. The standard InChI is InChI=1S/C12H16ClNO2S/c1-16-12(15)10-8-9(13)4-5-11(10)14-6-3-7-17-2/h4-5,8,14H,3,6-7H2,1-2H3. The Morgan fingerprint density at radius 3 is 2.94 bits per heavy atom. The molecule has 1 N–H and O–H groups in total. The van der Waals surface area contributed by atoms with Crippen LogP contribution in [0.1, 0.15) is 16.8 Å². The first-order valence-electron chi connectivity index (χ1n) is 5.29. The average Bonchev–Trinajstić information content (AvgIpc) is 2.35. The number of hydrogen-bond acceptors (Lipinski definition) is 4. The predicted molar refractivity (Wildman–Crippen MR) is 74.3 cm³/mol. The average molecular weight is 274 g/mol. The van der Waals surface area contributed by atoms with Gasteiger partial charge < -0.3 is 10.1 Å². The van der Waals surface area contributed by atoms with Crippen molar-refractivity contribution < 1.29 is 9.53 Å². The van der Waals surface area contributed by atoms with Gasteiger partial charge in [0.1, 0.15) is 0 Å². The van der Waals surface area contributed by atoms with Gasteiger partial charge in [-0.05, 0) is 36.6 Å². The number of benzene rings is 1. The Hall–Kier alpha value is -0.870. The molecule has 0 spiro atoms. The number of carbonyl (C=O) groups excluding carboxylic acids is 1. The van der Waals surface area contributed by atoms with E-state index in [9.17, 15) is 4.79 Å². The van der Waals surface area contributed by atoms with Crippen molar-refractivity contribution in [3.8, 4) is 0 Å². The Kier molecular flexibility index (Phi) is 6.22. The number of thioether (sulfide) groups is 1. The molecule has 0 aliphatic rings. The molecule has 0 heterocycles. The van der Waals surface area contributed by atoms with Crippen LogP contribution in [-0.2, 0) is 4.74 Å². The minimum Gasteiger partial charge on any atom is -0.465 e. The maximum absolute atomic E-state index is 11.6. The lowest BCUT2D eigenvalue weighted by Gasteiger charge is -2.10. The topological polar surface area (TPSA) is 38.3 Å². The monoisotopic (exact) mass is 273 g/mol. The van der Waals surface area contributed by atoms with Crippen LogP contribution in [0.25, 0.3) is 0 Å². The minimum absolute atomic E-state index is 0.375. The molecule has 0 saturated carbocycles. The van der Waals surface area contributed by atoms with Crippen LogP contribution >= 0.6 is 23.4 Å². The molecule has 0 aliphatic heterocycles. The second kappa shape index (κ2) is 7.45. The summed E-state index contributed by atoms with van der Waals surface area (Å²) in [4.78, 5) is 11.6. The molecule has 5 heteroatoms. The van der Waals surface area contributed by atoms with Gasteiger partial charge in [-0.3, -0.25) is 0 Å². The zero-order chi connectivity index (χ0) is 12.7. The summed E-state index contributed by atoms with van der Waals surface area (Å²) in [6, 6.07) is 5.17. The third kappa shape index (κ3) is 4.48. The minimum atomic E-state index is -0.375. The van der Waals surface area contributed by atoms with Crippen LogP contribution in [0.4, 0.5) is 5.69 Å². The highest BCUT2D eigenvalue weighted by Gasteiger charge is 2.11. The zero-order valence-corrected chi connectivity index (χ0v) is 11.5. The molecule has 1 rings (SSSR count). The van der Waals surface area contributed by atoms with Gasteiger partial charge in [0.15, 0.2) is 0 Å². The number of halogens is 1. The molecular weight excluding hydrogens is 258 g/mol. The smallest absolute Gasteiger partial charge is 0.340 e. The van der Waals surface area contributed by atoms with Crippen LogP contribution in [0.5, 0.6) is 0 Å². The Balaban J connectivity index is 2.72. The highest BCUT2D eigenvalue weighted by atomic mass is 35.5. The van der Waals surface area contributed by atoms with E-state index in [1.54, 1.807) is 30.0 Å². The number of methoxy groups -OCH3 is 1. The number of nitrogens with one attached hydrogen (secondary N) is 1. The van der Waals surface area contributed by atoms with Crippen molar-refractivity contribution in [2.24, 2.45) is 0 Å². The number of carbonyl (C=O) groups is 1. The Bertz CT molecular complexity index is 385. The molecule has 0 radical (unpaired) electrons. The molecule has 3 nitrogen and oxygen atoms in total.